The molecule has 168 valence electrons. The Labute approximate surface area is 185 Å². The first-order valence-corrected chi connectivity index (χ1v) is 9.77. The number of carbonyl (C=O) groups is 1. The molecule has 1 aromatic heterocycles. The molecule has 0 radical (unpaired) electrons. The Bertz CT molecular complexity index is 1340. The summed E-state index contributed by atoms with van der Waals surface area (Å²) in [5.74, 6) is -1.85. The van der Waals surface area contributed by atoms with Crippen molar-refractivity contribution < 1.29 is 27.6 Å². The highest BCUT2D eigenvalue weighted by Crippen LogP contribution is 2.32. The molecule has 7 nitrogen and oxygen atoms in total. The van der Waals surface area contributed by atoms with Gasteiger partial charge in [-0.05, 0) is 60.0 Å². The molecular formula is C23H16F3N3O4. The van der Waals surface area contributed by atoms with Crippen molar-refractivity contribution in [2.45, 2.75) is 6.42 Å². The van der Waals surface area contributed by atoms with Gasteiger partial charge in [0.1, 0.15) is 23.2 Å². The second-order valence-corrected chi connectivity index (χ2v) is 7.11. The van der Waals surface area contributed by atoms with E-state index in [2.05, 4.69) is 10.3 Å². The van der Waals surface area contributed by atoms with E-state index in [-0.39, 0.29) is 29.9 Å². The van der Waals surface area contributed by atoms with E-state index >= 15 is 0 Å². The summed E-state index contributed by atoms with van der Waals surface area (Å²) in [5.41, 5.74) is 1.52. The summed E-state index contributed by atoms with van der Waals surface area (Å²) in [6.07, 6.45) is -0.616. The molecule has 0 bridgehead atoms. The van der Waals surface area contributed by atoms with Crippen molar-refractivity contribution in [1.82, 2.24) is 10.3 Å². The number of hydrogen-bond acceptors (Lipinski definition) is 4. The predicted molar refractivity (Wildman–Crippen MR) is 114 cm³/mol. The lowest BCUT2D eigenvalue weighted by atomic mass is 10.0. The number of rotatable bonds is 6. The quantitative estimate of drug-likeness (QED) is 0.297. The maximum atomic E-state index is 14.3. The van der Waals surface area contributed by atoms with Crippen molar-refractivity contribution in [3.8, 4) is 17.0 Å². The first kappa shape index (κ1) is 21.9. The van der Waals surface area contributed by atoms with E-state index in [9.17, 15) is 28.1 Å². The molecule has 3 aromatic carbocycles. The Hall–Kier alpha value is -4.34. The van der Waals surface area contributed by atoms with Gasteiger partial charge in [0.25, 0.3) is 5.69 Å². The number of nitro groups is 1. The van der Waals surface area contributed by atoms with Gasteiger partial charge in [0, 0.05) is 35.8 Å². The standard InChI is InChI=1S/C23H16F3N3O4/c24-14-3-1-13(2-4-14)21-18(19-11-15(25)12-20(26)22(19)28-21)9-10-27-23(30)33-17-7-5-16(6-8-17)29(31)32/h1-8,11-12,28H,9-10H2,(H,27,30). The number of H-pyrrole nitrogens is 1. The van der Waals surface area contributed by atoms with Crippen molar-refractivity contribution in [2.24, 2.45) is 0 Å². The lowest BCUT2D eigenvalue weighted by Gasteiger charge is -2.08. The minimum absolute atomic E-state index is 0.0606. The van der Waals surface area contributed by atoms with E-state index in [1.807, 2.05) is 0 Å². The van der Waals surface area contributed by atoms with Crippen LogP contribution in [0, 0.1) is 27.6 Å². The summed E-state index contributed by atoms with van der Waals surface area (Å²) < 4.78 is 46.6. The smallest absolute Gasteiger partial charge is 0.410 e. The van der Waals surface area contributed by atoms with Gasteiger partial charge in [-0.15, -0.1) is 0 Å². The van der Waals surface area contributed by atoms with Crippen LogP contribution < -0.4 is 10.1 Å². The fourth-order valence-corrected chi connectivity index (χ4v) is 3.46. The van der Waals surface area contributed by atoms with Gasteiger partial charge in [0.2, 0.25) is 0 Å². The van der Waals surface area contributed by atoms with Crippen molar-refractivity contribution in [2.75, 3.05) is 6.54 Å². The maximum Gasteiger partial charge on any atom is 0.412 e. The van der Waals surface area contributed by atoms with Gasteiger partial charge in [0.15, 0.2) is 0 Å². The van der Waals surface area contributed by atoms with Gasteiger partial charge in [-0.3, -0.25) is 10.1 Å². The Morgan fingerprint density at radius 1 is 1.00 bits per heavy atom. The first-order valence-electron chi connectivity index (χ1n) is 9.77. The Morgan fingerprint density at radius 2 is 1.70 bits per heavy atom. The zero-order chi connectivity index (χ0) is 23.5. The van der Waals surface area contributed by atoms with E-state index in [1.54, 1.807) is 0 Å². The second kappa shape index (κ2) is 9.03. The molecule has 1 amide bonds. The number of hydrogen-bond donors (Lipinski definition) is 2. The SMILES string of the molecule is O=C(NCCc1c(-c2ccc(F)cc2)[nH]c2c(F)cc(F)cc12)Oc1ccc([N+](=O)[O-])cc1. The van der Waals surface area contributed by atoms with Crippen molar-refractivity contribution in [1.29, 1.82) is 0 Å². The number of fused-ring (bicyclic) bond motifs is 1. The Balaban J connectivity index is 1.52. The topological polar surface area (TPSA) is 97.3 Å². The van der Waals surface area contributed by atoms with Crippen LogP contribution in [-0.4, -0.2) is 22.5 Å². The molecule has 0 atom stereocenters. The van der Waals surface area contributed by atoms with Gasteiger partial charge in [-0.2, -0.15) is 0 Å². The highest BCUT2D eigenvalue weighted by atomic mass is 19.1. The largest absolute Gasteiger partial charge is 0.412 e. The molecular weight excluding hydrogens is 439 g/mol. The molecule has 2 N–H and O–H groups in total. The number of amides is 1. The molecule has 1 heterocycles. The molecule has 0 aliphatic heterocycles. The third-order valence-corrected chi connectivity index (χ3v) is 4.97. The first-order chi connectivity index (χ1) is 15.8. The molecule has 4 aromatic rings. The van der Waals surface area contributed by atoms with Crippen LogP contribution >= 0.6 is 0 Å². The van der Waals surface area contributed by atoms with E-state index in [0.29, 0.717) is 22.2 Å². The molecule has 0 saturated heterocycles. The van der Waals surface area contributed by atoms with Crippen LogP contribution in [-0.2, 0) is 6.42 Å². The summed E-state index contributed by atoms with van der Waals surface area (Å²) in [7, 11) is 0. The molecule has 0 unspecified atom stereocenters. The number of non-ortho nitro benzene ring substituents is 1. The van der Waals surface area contributed by atoms with E-state index in [1.165, 1.54) is 54.6 Å². The van der Waals surface area contributed by atoms with Crippen LogP contribution in [0.1, 0.15) is 5.56 Å². The summed E-state index contributed by atoms with van der Waals surface area (Å²) in [5, 5.41) is 13.5. The number of nitro benzene ring substituents is 1. The van der Waals surface area contributed by atoms with Gasteiger partial charge in [0.05, 0.1) is 10.4 Å². The number of halogens is 3. The van der Waals surface area contributed by atoms with Crippen LogP contribution in [0.5, 0.6) is 5.75 Å². The van der Waals surface area contributed by atoms with Gasteiger partial charge in [-0.1, -0.05) is 0 Å². The van der Waals surface area contributed by atoms with E-state index in [0.717, 1.165) is 6.07 Å². The number of ether oxygens (including phenoxy) is 1. The van der Waals surface area contributed by atoms with E-state index in [4.69, 9.17) is 4.74 Å². The maximum absolute atomic E-state index is 14.3. The van der Waals surface area contributed by atoms with Crippen LogP contribution in [0.25, 0.3) is 22.2 Å². The van der Waals surface area contributed by atoms with Crippen molar-refractivity contribution in [3.63, 3.8) is 0 Å². The minimum Gasteiger partial charge on any atom is -0.410 e. The number of nitrogens with zero attached hydrogens (tertiary/aromatic N) is 1. The number of carbonyl (C=O) groups excluding carboxylic acids is 1. The van der Waals surface area contributed by atoms with E-state index < -0.39 is 28.5 Å². The van der Waals surface area contributed by atoms with Gasteiger partial charge in [-0.25, -0.2) is 18.0 Å². The molecule has 0 aliphatic rings. The lowest BCUT2D eigenvalue weighted by molar-refractivity contribution is -0.384. The average Bonchev–Trinajstić information content (AvgIpc) is 3.13. The van der Waals surface area contributed by atoms with Crippen molar-refractivity contribution in [3.05, 3.63) is 93.8 Å². The Morgan fingerprint density at radius 3 is 2.36 bits per heavy atom. The molecule has 33 heavy (non-hydrogen) atoms. The van der Waals surface area contributed by atoms with Crippen LogP contribution in [0.4, 0.5) is 23.7 Å². The highest BCUT2D eigenvalue weighted by Gasteiger charge is 2.18. The number of benzene rings is 3. The highest BCUT2D eigenvalue weighted by molar-refractivity contribution is 5.91. The molecule has 10 heteroatoms. The van der Waals surface area contributed by atoms with Crippen LogP contribution in [0.2, 0.25) is 0 Å². The zero-order valence-corrected chi connectivity index (χ0v) is 16.9. The third kappa shape index (κ3) is 4.79. The lowest BCUT2D eigenvalue weighted by Crippen LogP contribution is -2.28. The summed E-state index contributed by atoms with van der Waals surface area (Å²) >= 11 is 0. The molecule has 4 rings (SSSR count). The van der Waals surface area contributed by atoms with Gasteiger partial charge >= 0.3 is 6.09 Å². The predicted octanol–water partition coefficient (Wildman–Crippen LogP) is 5.49. The number of aromatic nitrogens is 1. The number of nitrogens with one attached hydrogen (secondary N) is 2. The molecule has 0 spiro atoms. The van der Waals surface area contributed by atoms with Crippen molar-refractivity contribution >= 4 is 22.7 Å². The average molecular weight is 455 g/mol. The van der Waals surface area contributed by atoms with Crippen LogP contribution in [0.15, 0.2) is 60.7 Å². The third-order valence-electron chi connectivity index (χ3n) is 4.97. The Kier molecular flexibility index (Phi) is 5.99. The number of aromatic amines is 1. The fraction of sp³-hybridized carbons (Fsp3) is 0.0870. The summed E-state index contributed by atoms with van der Waals surface area (Å²) in [4.78, 5) is 25.1. The summed E-state index contributed by atoms with van der Waals surface area (Å²) in [6, 6.07) is 12.4. The van der Waals surface area contributed by atoms with Gasteiger partial charge < -0.3 is 15.0 Å². The van der Waals surface area contributed by atoms with Crippen LogP contribution in [0.3, 0.4) is 0 Å². The normalized spacial score (nSPS) is 10.9. The molecule has 0 aliphatic carbocycles. The summed E-state index contributed by atoms with van der Waals surface area (Å²) in [6.45, 7) is 0.0606. The second-order valence-electron chi connectivity index (χ2n) is 7.11. The molecule has 0 saturated carbocycles. The fourth-order valence-electron chi connectivity index (χ4n) is 3.46. The monoisotopic (exact) mass is 455 g/mol. The minimum atomic E-state index is -0.801. The molecule has 0 fully saturated rings. The zero-order valence-electron chi connectivity index (χ0n) is 16.9.